The second-order valence-corrected chi connectivity index (χ2v) is 3.48. The van der Waals surface area contributed by atoms with Crippen molar-refractivity contribution in [2.45, 2.75) is 20.8 Å². The van der Waals surface area contributed by atoms with Crippen LogP contribution in [0, 0.1) is 11.3 Å². The molecule has 0 fully saturated rings. The molecule has 0 heterocycles. The van der Waals surface area contributed by atoms with E-state index in [0.717, 1.165) is 0 Å². The zero-order valence-electron chi connectivity index (χ0n) is 7.64. The van der Waals surface area contributed by atoms with Crippen LogP contribution >= 0.6 is 0 Å². The zero-order valence-corrected chi connectivity index (χ0v) is 7.64. The van der Waals surface area contributed by atoms with Crippen molar-refractivity contribution in [2.24, 2.45) is 11.3 Å². The minimum atomic E-state index is -0.333. The van der Waals surface area contributed by atoms with Crippen LogP contribution < -0.4 is 5.32 Å². The quantitative estimate of drug-likeness (QED) is 0.625. The lowest BCUT2D eigenvalue weighted by Crippen LogP contribution is -2.37. The molecule has 0 aromatic carbocycles. The van der Waals surface area contributed by atoms with Gasteiger partial charge in [0, 0.05) is 19.6 Å². The van der Waals surface area contributed by atoms with E-state index in [2.05, 4.69) is 5.32 Å². The predicted octanol–water partition coefficient (Wildman–Crippen LogP) is 0.387. The lowest BCUT2D eigenvalue weighted by Gasteiger charge is -2.27. The Kier molecular flexibility index (Phi) is 3.52. The molecular formula is C8H17NO2. The highest BCUT2D eigenvalue weighted by Gasteiger charge is 2.29. The molecule has 1 unspecified atom stereocenters. The molecular weight excluding hydrogens is 142 g/mol. The third-order valence-corrected chi connectivity index (χ3v) is 2.22. The Morgan fingerprint density at radius 3 is 2.36 bits per heavy atom. The maximum absolute atomic E-state index is 11.1. The molecule has 2 N–H and O–H groups in total. The molecule has 0 radical (unpaired) electrons. The zero-order chi connectivity index (χ0) is 9.07. The van der Waals surface area contributed by atoms with Crippen molar-refractivity contribution in [3.63, 3.8) is 0 Å². The van der Waals surface area contributed by atoms with Gasteiger partial charge in [-0.25, -0.2) is 0 Å². The number of hydrogen-bond donors (Lipinski definition) is 2. The van der Waals surface area contributed by atoms with Crippen LogP contribution in [0.15, 0.2) is 0 Å². The predicted molar refractivity (Wildman–Crippen MR) is 44.1 cm³/mol. The minimum Gasteiger partial charge on any atom is -0.396 e. The second-order valence-electron chi connectivity index (χ2n) is 3.48. The number of carbonyl (C=O) groups excluding carboxylic acids is 1. The van der Waals surface area contributed by atoms with Gasteiger partial charge in [-0.1, -0.05) is 20.8 Å². The van der Waals surface area contributed by atoms with Gasteiger partial charge in [0.05, 0.1) is 0 Å². The molecule has 0 aromatic rings. The van der Waals surface area contributed by atoms with Crippen LogP contribution in [0.1, 0.15) is 20.8 Å². The average Bonchev–Trinajstić information content (AvgIpc) is 2.01. The smallest absolute Gasteiger partial charge is 0.223 e. The SMILES string of the molecule is CNC(=O)C(C)C(C)(C)CO. The molecule has 3 nitrogen and oxygen atoms in total. The van der Waals surface area contributed by atoms with E-state index in [1.54, 1.807) is 7.05 Å². The van der Waals surface area contributed by atoms with E-state index in [1.807, 2.05) is 20.8 Å². The van der Waals surface area contributed by atoms with Crippen molar-refractivity contribution in [1.29, 1.82) is 0 Å². The fourth-order valence-electron chi connectivity index (χ4n) is 0.708. The summed E-state index contributed by atoms with van der Waals surface area (Å²) in [4.78, 5) is 11.1. The van der Waals surface area contributed by atoms with Gasteiger partial charge >= 0.3 is 0 Å². The number of aliphatic hydroxyl groups is 1. The highest BCUT2D eigenvalue weighted by Crippen LogP contribution is 2.25. The molecule has 3 heteroatoms. The van der Waals surface area contributed by atoms with Gasteiger partial charge in [-0.15, -0.1) is 0 Å². The molecule has 1 atom stereocenters. The molecule has 66 valence electrons. The number of nitrogens with one attached hydrogen (secondary N) is 1. The van der Waals surface area contributed by atoms with E-state index < -0.39 is 0 Å². The first-order chi connectivity index (χ1) is 4.95. The Bertz CT molecular complexity index is 143. The highest BCUT2D eigenvalue weighted by molar-refractivity contribution is 5.78. The first-order valence-corrected chi connectivity index (χ1v) is 3.78. The molecule has 0 aliphatic heterocycles. The van der Waals surface area contributed by atoms with Crippen molar-refractivity contribution >= 4 is 5.91 Å². The monoisotopic (exact) mass is 159 g/mol. The lowest BCUT2D eigenvalue weighted by molar-refractivity contribution is -0.128. The lowest BCUT2D eigenvalue weighted by atomic mass is 9.80. The van der Waals surface area contributed by atoms with Crippen LogP contribution in [0.5, 0.6) is 0 Å². The third-order valence-electron chi connectivity index (χ3n) is 2.22. The molecule has 1 amide bonds. The molecule has 0 aliphatic rings. The van der Waals surface area contributed by atoms with Crippen molar-refractivity contribution in [3.05, 3.63) is 0 Å². The van der Waals surface area contributed by atoms with Crippen molar-refractivity contribution in [1.82, 2.24) is 5.32 Å². The second kappa shape index (κ2) is 3.72. The first kappa shape index (κ1) is 10.4. The fourth-order valence-corrected chi connectivity index (χ4v) is 0.708. The largest absolute Gasteiger partial charge is 0.396 e. The number of amides is 1. The van der Waals surface area contributed by atoms with E-state index in [1.165, 1.54) is 0 Å². The summed E-state index contributed by atoms with van der Waals surface area (Å²) >= 11 is 0. The maximum Gasteiger partial charge on any atom is 0.223 e. The number of rotatable bonds is 3. The molecule has 0 saturated carbocycles. The van der Waals surface area contributed by atoms with Gasteiger partial charge in [-0.05, 0) is 5.41 Å². The summed E-state index contributed by atoms with van der Waals surface area (Å²) in [6, 6.07) is 0. The molecule has 0 aliphatic carbocycles. The number of carbonyl (C=O) groups is 1. The van der Waals surface area contributed by atoms with Crippen LogP contribution in [-0.4, -0.2) is 24.7 Å². The fraction of sp³-hybridized carbons (Fsp3) is 0.875. The van der Waals surface area contributed by atoms with Gasteiger partial charge in [0.2, 0.25) is 5.91 Å². The molecule has 11 heavy (non-hydrogen) atoms. The Morgan fingerprint density at radius 1 is 1.64 bits per heavy atom. The van der Waals surface area contributed by atoms with Gasteiger partial charge in [0.15, 0.2) is 0 Å². The maximum atomic E-state index is 11.1. The molecule has 0 saturated heterocycles. The third kappa shape index (κ3) is 2.50. The molecule has 0 aromatic heterocycles. The summed E-state index contributed by atoms with van der Waals surface area (Å²) in [6.07, 6.45) is 0. The highest BCUT2D eigenvalue weighted by atomic mass is 16.3. The molecule has 0 spiro atoms. The van der Waals surface area contributed by atoms with Crippen LogP contribution in [0.4, 0.5) is 0 Å². The van der Waals surface area contributed by atoms with Crippen LogP contribution in [0.2, 0.25) is 0 Å². The Labute approximate surface area is 67.8 Å². The van der Waals surface area contributed by atoms with Crippen molar-refractivity contribution in [2.75, 3.05) is 13.7 Å². The van der Waals surface area contributed by atoms with Crippen molar-refractivity contribution in [3.8, 4) is 0 Å². The Balaban J connectivity index is 4.22. The van der Waals surface area contributed by atoms with Gasteiger partial charge in [-0.2, -0.15) is 0 Å². The number of hydrogen-bond acceptors (Lipinski definition) is 2. The molecule has 0 bridgehead atoms. The van der Waals surface area contributed by atoms with Gasteiger partial charge in [0.25, 0.3) is 0 Å². The van der Waals surface area contributed by atoms with E-state index in [4.69, 9.17) is 5.11 Å². The van der Waals surface area contributed by atoms with E-state index in [0.29, 0.717) is 0 Å². The summed E-state index contributed by atoms with van der Waals surface area (Å²) in [5.41, 5.74) is -0.333. The summed E-state index contributed by atoms with van der Waals surface area (Å²) in [7, 11) is 1.60. The van der Waals surface area contributed by atoms with Crippen LogP contribution in [0.3, 0.4) is 0 Å². The summed E-state index contributed by atoms with van der Waals surface area (Å²) in [5.74, 6) is -0.179. The summed E-state index contributed by atoms with van der Waals surface area (Å²) in [5, 5.41) is 11.5. The summed E-state index contributed by atoms with van der Waals surface area (Å²) < 4.78 is 0. The van der Waals surface area contributed by atoms with Gasteiger partial charge in [0.1, 0.15) is 0 Å². The van der Waals surface area contributed by atoms with E-state index in [9.17, 15) is 4.79 Å². The van der Waals surface area contributed by atoms with Gasteiger partial charge in [-0.3, -0.25) is 4.79 Å². The topological polar surface area (TPSA) is 49.3 Å². The first-order valence-electron chi connectivity index (χ1n) is 3.78. The van der Waals surface area contributed by atoms with Crippen molar-refractivity contribution < 1.29 is 9.90 Å². The van der Waals surface area contributed by atoms with E-state index in [-0.39, 0.29) is 23.8 Å². The Hall–Kier alpha value is -0.570. The van der Waals surface area contributed by atoms with Gasteiger partial charge < -0.3 is 10.4 Å². The summed E-state index contributed by atoms with van der Waals surface area (Å²) in [6.45, 7) is 5.58. The molecule has 0 rings (SSSR count). The number of aliphatic hydroxyl groups excluding tert-OH is 1. The minimum absolute atomic E-state index is 0.0240. The van der Waals surface area contributed by atoms with Crippen LogP contribution in [-0.2, 0) is 4.79 Å². The Morgan fingerprint density at radius 2 is 2.09 bits per heavy atom. The van der Waals surface area contributed by atoms with Crippen LogP contribution in [0.25, 0.3) is 0 Å². The van der Waals surface area contributed by atoms with E-state index >= 15 is 0 Å². The average molecular weight is 159 g/mol. The standard InChI is InChI=1S/C8H17NO2/c1-6(7(11)9-4)8(2,3)5-10/h6,10H,5H2,1-4H3,(H,9,11). The normalized spacial score (nSPS) is 14.3.